The highest BCUT2D eigenvalue weighted by atomic mass is 16.4. The monoisotopic (exact) mass is 178 g/mol. The number of nitrogens with zero attached hydrogens (tertiary/aromatic N) is 2. The molecule has 1 heterocycles. The van der Waals surface area contributed by atoms with E-state index in [2.05, 4.69) is 9.97 Å². The quantitative estimate of drug-likeness (QED) is 0.705. The van der Waals surface area contributed by atoms with Gasteiger partial charge < -0.3 is 5.11 Å². The average molecular weight is 178 g/mol. The fourth-order valence-corrected chi connectivity index (χ4v) is 0.961. The summed E-state index contributed by atoms with van der Waals surface area (Å²) in [4.78, 5) is 18.1. The van der Waals surface area contributed by atoms with E-state index in [1.807, 2.05) is 6.92 Å². The van der Waals surface area contributed by atoms with Crippen LogP contribution in [-0.4, -0.2) is 21.0 Å². The highest BCUT2D eigenvalue weighted by Crippen LogP contribution is 2.06. The number of hydrogen-bond donors (Lipinski definition) is 1. The molecule has 0 aliphatic carbocycles. The Morgan fingerprint density at radius 3 is 3.08 bits per heavy atom. The summed E-state index contributed by atoms with van der Waals surface area (Å²) in [5.74, 6) is -0.967. The lowest BCUT2D eigenvalue weighted by molar-refractivity contribution is -0.131. The molecule has 13 heavy (non-hydrogen) atoms. The van der Waals surface area contributed by atoms with Crippen LogP contribution in [0.2, 0.25) is 0 Å². The molecule has 0 bridgehead atoms. The van der Waals surface area contributed by atoms with Gasteiger partial charge in [0.1, 0.15) is 6.33 Å². The molecular formula is C9H10N2O2. The zero-order valence-corrected chi connectivity index (χ0v) is 7.27. The number of carbonyl (C=O) groups is 1. The highest BCUT2D eigenvalue weighted by Gasteiger charge is 1.97. The minimum Gasteiger partial charge on any atom is -0.478 e. The minimum absolute atomic E-state index is 0.757. The smallest absolute Gasteiger partial charge is 0.328 e. The Morgan fingerprint density at radius 2 is 2.46 bits per heavy atom. The van der Waals surface area contributed by atoms with E-state index in [0.29, 0.717) is 0 Å². The van der Waals surface area contributed by atoms with Crippen LogP contribution in [0.1, 0.15) is 18.2 Å². The normalized spacial score (nSPS) is 10.5. The van der Waals surface area contributed by atoms with Crippen molar-refractivity contribution in [2.24, 2.45) is 0 Å². The van der Waals surface area contributed by atoms with Gasteiger partial charge in [-0.25, -0.2) is 14.8 Å². The van der Waals surface area contributed by atoms with Gasteiger partial charge in [0.25, 0.3) is 0 Å². The number of aliphatic carboxylic acids is 1. The zero-order chi connectivity index (χ0) is 9.68. The second-order valence-electron chi connectivity index (χ2n) is 2.45. The summed E-state index contributed by atoms with van der Waals surface area (Å²) < 4.78 is 0. The number of hydrogen-bond acceptors (Lipinski definition) is 3. The summed E-state index contributed by atoms with van der Waals surface area (Å²) >= 11 is 0. The lowest BCUT2D eigenvalue weighted by atomic mass is 10.2. The van der Waals surface area contributed by atoms with E-state index < -0.39 is 5.97 Å². The maximum absolute atomic E-state index is 10.2. The molecule has 0 aliphatic heterocycles. The summed E-state index contributed by atoms with van der Waals surface area (Å²) in [6.45, 7) is 1.96. The van der Waals surface area contributed by atoms with Gasteiger partial charge in [0.05, 0.1) is 5.69 Å². The van der Waals surface area contributed by atoms with E-state index in [4.69, 9.17) is 5.11 Å². The van der Waals surface area contributed by atoms with Gasteiger partial charge in [-0.1, -0.05) is 6.92 Å². The molecule has 0 atom stereocenters. The Kier molecular flexibility index (Phi) is 3.14. The summed E-state index contributed by atoms with van der Waals surface area (Å²) in [6.07, 6.45) is 6.41. The fraction of sp³-hybridized carbons (Fsp3) is 0.222. The van der Waals surface area contributed by atoms with Crippen LogP contribution in [0.15, 0.2) is 18.6 Å². The second-order valence-corrected chi connectivity index (χ2v) is 2.45. The van der Waals surface area contributed by atoms with Gasteiger partial charge >= 0.3 is 5.97 Å². The van der Waals surface area contributed by atoms with Gasteiger partial charge in [0, 0.05) is 17.8 Å². The lowest BCUT2D eigenvalue weighted by Gasteiger charge is -1.98. The Morgan fingerprint density at radius 1 is 1.69 bits per heavy atom. The lowest BCUT2D eigenvalue weighted by Crippen LogP contribution is -1.93. The first-order chi connectivity index (χ1) is 6.24. The maximum atomic E-state index is 10.2. The zero-order valence-electron chi connectivity index (χ0n) is 7.27. The molecule has 0 fully saturated rings. The molecule has 1 aromatic heterocycles. The van der Waals surface area contributed by atoms with Gasteiger partial charge in [-0.05, 0) is 12.5 Å². The third kappa shape index (κ3) is 2.66. The number of carboxylic acid groups (broad SMARTS) is 1. The van der Waals surface area contributed by atoms with Gasteiger partial charge in [-0.2, -0.15) is 0 Å². The van der Waals surface area contributed by atoms with Gasteiger partial charge in [0.2, 0.25) is 0 Å². The van der Waals surface area contributed by atoms with Crippen LogP contribution in [0, 0.1) is 0 Å². The minimum atomic E-state index is -0.967. The van der Waals surface area contributed by atoms with Gasteiger partial charge in [-0.3, -0.25) is 0 Å². The first kappa shape index (κ1) is 9.38. The first-order valence-corrected chi connectivity index (χ1v) is 3.94. The SMILES string of the molecule is CCc1ncncc1/C=C/C(=O)O. The van der Waals surface area contributed by atoms with Crippen LogP contribution in [0.25, 0.3) is 6.08 Å². The van der Waals surface area contributed by atoms with E-state index in [1.165, 1.54) is 12.4 Å². The molecule has 0 aromatic carbocycles. The highest BCUT2D eigenvalue weighted by molar-refractivity contribution is 5.85. The molecule has 0 unspecified atom stereocenters. The van der Waals surface area contributed by atoms with Crippen molar-refractivity contribution in [1.29, 1.82) is 0 Å². The van der Waals surface area contributed by atoms with Crippen molar-refractivity contribution in [3.8, 4) is 0 Å². The molecule has 0 amide bonds. The molecule has 68 valence electrons. The van der Waals surface area contributed by atoms with E-state index >= 15 is 0 Å². The molecule has 0 spiro atoms. The molecule has 1 N–H and O–H groups in total. The number of aromatic nitrogens is 2. The topological polar surface area (TPSA) is 63.1 Å². The molecule has 4 nitrogen and oxygen atoms in total. The van der Waals surface area contributed by atoms with Crippen molar-refractivity contribution in [2.75, 3.05) is 0 Å². The Bertz CT molecular complexity index is 334. The van der Waals surface area contributed by atoms with Crippen molar-refractivity contribution in [1.82, 2.24) is 9.97 Å². The largest absolute Gasteiger partial charge is 0.478 e. The standard InChI is InChI=1S/C9H10N2O2/c1-2-8-7(3-4-9(12)13)5-10-6-11-8/h3-6H,2H2,1H3,(H,12,13)/b4-3+. The molecule has 4 heteroatoms. The Labute approximate surface area is 76.0 Å². The van der Waals surface area contributed by atoms with Crippen LogP contribution in [0.5, 0.6) is 0 Å². The van der Waals surface area contributed by atoms with E-state index in [-0.39, 0.29) is 0 Å². The molecule has 1 aromatic rings. The average Bonchev–Trinajstić information content (AvgIpc) is 2.15. The van der Waals surface area contributed by atoms with Gasteiger partial charge in [0.15, 0.2) is 0 Å². The Balaban J connectivity index is 2.93. The summed E-state index contributed by atoms with van der Waals surface area (Å²) in [5.41, 5.74) is 1.61. The number of aryl methyl sites for hydroxylation is 1. The van der Waals surface area contributed by atoms with Crippen molar-refractivity contribution in [3.63, 3.8) is 0 Å². The second kappa shape index (κ2) is 4.35. The van der Waals surface area contributed by atoms with E-state index in [0.717, 1.165) is 23.8 Å². The molecule has 0 saturated heterocycles. The molecule has 0 saturated carbocycles. The van der Waals surface area contributed by atoms with E-state index in [9.17, 15) is 4.79 Å². The van der Waals surface area contributed by atoms with Crippen molar-refractivity contribution in [2.45, 2.75) is 13.3 Å². The number of carboxylic acids is 1. The van der Waals surface area contributed by atoms with Crippen LogP contribution in [0.4, 0.5) is 0 Å². The van der Waals surface area contributed by atoms with Crippen molar-refractivity contribution < 1.29 is 9.90 Å². The Hall–Kier alpha value is -1.71. The predicted octanol–water partition coefficient (Wildman–Crippen LogP) is 1.14. The van der Waals surface area contributed by atoms with Crippen LogP contribution >= 0.6 is 0 Å². The third-order valence-corrected chi connectivity index (χ3v) is 1.57. The molecular weight excluding hydrogens is 168 g/mol. The van der Waals surface area contributed by atoms with Crippen molar-refractivity contribution >= 4 is 12.0 Å². The molecule has 0 radical (unpaired) electrons. The van der Waals surface area contributed by atoms with Crippen LogP contribution in [-0.2, 0) is 11.2 Å². The molecule has 1 rings (SSSR count). The number of rotatable bonds is 3. The first-order valence-electron chi connectivity index (χ1n) is 3.94. The van der Waals surface area contributed by atoms with Crippen molar-refractivity contribution in [3.05, 3.63) is 29.9 Å². The fourth-order valence-electron chi connectivity index (χ4n) is 0.961. The van der Waals surface area contributed by atoms with Gasteiger partial charge in [-0.15, -0.1) is 0 Å². The molecule has 0 aliphatic rings. The van der Waals surface area contributed by atoms with E-state index in [1.54, 1.807) is 6.20 Å². The summed E-state index contributed by atoms with van der Waals surface area (Å²) in [5, 5.41) is 8.41. The van der Waals surface area contributed by atoms with Crippen LogP contribution in [0.3, 0.4) is 0 Å². The predicted molar refractivity (Wildman–Crippen MR) is 48.1 cm³/mol. The summed E-state index contributed by atoms with van der Waals surface area (Å²) in [7, 11) is 0. The third-order valence-electron chi connectivity index (χ3n) is 1.57. The summed E-state index contributed by atoms with van der Waals surface area (Å²) in [6, 6.07) is 0. The maximum Gasteiger partial charge on any atom is 0.328 e. The van der Waals surface area contributed by atoms with Crippen LogP contribution < -0.4 is 0 Å².